The summed E-state index contributed by atoms with van der Waals surface area (Å²) in [5.74, 6) is -0.181. The van der Waals surface area contributed by atoms with Gasteiger partial charge in [0, 0.05) is 0 Å². The van der Waals surface area contributed by atoms with Crippen LogP contribution < -0.4 is 0 Å². The van der Waals surface area contributed by atoms with E-state index in [4.69, 9.17) is 4.74 Å². The molecule has 0 bridgehead atoms. The summed E-state index contributed by atoms with van der Waals surface area (Å²) in [6.45, 7) is 8.22. The normalized spacial score (nSPS) is 14.3. The molecule has 66 valence electrons. The average molecular weight is 223 g/mol. The SMILES string of the molecule is CCOC(=O)[C@H](Br)C(C)(C)C. The van der Waals surface area contributed by atoms with Gasteiger partial charge >= 0.3 is 5.97 Å². The Kier molecular flexibility index (Phi) is 4.08. The molecule has 0 aliphatic rings. The van der Waals surface area contributed by atoms with Crippen molar-refractivity contribution in [3.63, 3.8) is 0 Å². The van der Waals surface area contributed by atoms with Crippen molar-refractivity contribution in [2.24, 2.45) is 5.41 Å². The van der Waals surface area contributed by atoms with Crippen LogP contribution in [0.2, 0.25) is 0 Å². The van der Waals surface area contributed by atoms with Gasteiger partial charge in [0.2, 0.25) is 0 Å². The zero-order valence-electron chi connectivity index (χ0n) is 7.48. The number of hydrogen-bond acceptors (Lipinski definition) is 2. The molecular formula is C8H15BrO2. The molecule has 0 radical (unpaired) electrons. The number of carbonyl (C=O) groups is 1. The number of ether oxygens (including phenoxy) is 1. The first-order valence-corrected chi connectivity index (χ1v) is 4.62. The van der Waals surface area contributed by atoms with E-state index in [2.05, 4.69) is 15.9 Å². The van der Waals surface area contributed by atoms with E-state index in [1.54, 1.807) is 6.92 Å². The molecule has 0 amide bonds. The van der Waals surface area contributed by atoms with Crippen LogP contribution in [-0.2, 0) is 9.53 Å². The van der Waals surface area contributed by atoms with E-state index in [0.717, 1.165) is 0 Å². The van der Waals surface area contributed by atoms with Gasteiger partial charge in [0.1, 0.15) is 4.83 Å². The molecule has 0 unspecified atom stereocenters. The van der Waals surface area contributed by atoms with Crippen molar-refractivity contribution in [3.05, 3.63) is 0 Å². The predicted octanol–water partition coefficient (Wildman–Crippen LogP) is 2.36. The zero-order valence-corrected chi connectivity index (χ0v) is 9.06. The standard InChI is InChI=1S/C8H15BrO2/c1-5-11-7(10)6(9)8(2,3)4/h6H,5H2,1-4H3/t6-/m0/s1. The third-order valence-electron chi connectivity index (χ3n) is 1.25. The summed E-state index contributed by atoms with van der Waals surface area (Å²) in [6.07, 6.45) is 0. The van der Waals surface area contributed by atoms with Crippen LogP contribution in [0.25, 0.3) is 0 Å². The van der Waals surface area contributed by atoms with Crippen molar-refractivity contribution in [1.29, 1.82) is 0 Å². The van der Waals surface area contributed by atoms with Crippen LogP contribution in [0, 0.1) is 5.41 Å². The molecule has 11 heavy (non-hydrogen) atoms. The second-order valence-corrected chi connectivity index (χ2v) is 4.40. The minimum absolute atomic E-state index is 0.0771. The molecule has 0 heterocycles. The van der Waals surface area contributed by atoms with E-state index in [-0.39, 0.29) is 16.2 Å². The van der Waals surface area contributed by atoms with Crippen molar-refractivity contribution in [2.45, 2.75) is 32.5 Å². The number of rotatable bonds is 2. The number of alkyl halides is 1. The molecule has 3 heteroatoms. The van der Waals surface area contributed by atoms with Gasteiger partial charge < -0.3 is 4.74 Å². The van der Waals surface area contributed by atoms with Crippen molar-refractivity contribution >= 4 is 21.9 Å². The quantitative estimate of drug-likeness (QED) is 0.530. The topological polar surface area (TPSA) is 26.3 Å². The van der Waals surface area contributed by atoms with Crippen LogP contribution in [0.15, 0.2) is 0 Å². The Morgan fingerprint density at radius 1 is 1.55 bits per heavy atom. The molecule has 0 fully saturated rings. The molecule has 2 nitrogen and oxygen atoms in total. The third-order valence-corrected chi connectivity index (χ3v) is 3.00. The number of esters is 1. The Morgan fingerprint density at radius 2 is 2.00 bits per heavy atom. The fraction of sp³-hybridized carbons (Fsp3) is 0.875. The molecule has 0 aliphatic heterocycles. The highest BCUT2D eigenvalue weighted by Crippen LogP contribution is 2.26. The van der Waals surface area contributed by atoms with Gasteiger partial charge in [0.05, 0.1) is 6.61 Å². The van der Waals surface area contributed by atoms with Gasteiger partial charge in [-0.15, -0.1) is 0 Å². The maximum absolute atomic E-state index is 11.1. The van der Waals surface area contributed by atoms with Crippen LogP contribution in [0.1, 0.15) is 27.7 Å². The van der Waals surface area contributed by atoms with E-state index in [9.17, 15) is 4.79 Å². The largest absolute Gasteiger partial charge is 0.465 e. The lowest BCUT2D eigenvalue weighted by Crippen LogP contribution is -2.30. The van der Waals surface area contributed by atoms with Crippen LogP contribution in [0.4, 0.5) is 0 Å². The maximum Gasteiger partial charge on any atom is 0.320 e. The number of hydrogen-bond donors (Lipinski definition) is 0. The minimum atomic E-state index is -0.213. The van der Waals surface area contributed by atoms with Crippen LogP contribution in [0.5, 0.6) is 0 Å². The predicted molar refractivity (Wildman–Crippen MR) is 48.8 cm³/mol. The Hall–Kier alpha value is -0.0500. The monoisotopic (exact) mass is 222 g/mol. The molecule has 0 N–H and O–H groups in total. The third kappa shape index (κ3) is 3.75. The zero-order chi connectivity index (χ0) is 9.07. The maximum atomic E-state index is 11.1. The van der Waals surface area contributed by atoms with Gasteiger partial charge in [-0.2, -0.15) is 0 Å². The summed E-state index contributed by atoms with van der Waals surface area (Å²) in [7, 11) is 0. The van der Waals surface area contributed by atoms with Crippen molar-refractivity contribution in [1.82, 2.24) is 0 Å². The van der Waals surface area contributed by atoms with E-state index in [1.807, 2.05) is 20.8 Å². The molecule has 0 aliphatic carbocycles. The first kappa shape index (κ1) is 11.0. The molecule has 0 saturated carbocycles. The van der Waals surface area contributed by atoms with Crippen LogP contribution >= 0.6 is 15.9 Å². The summed E-state index contributed by atoms with van der Waals surface area (Å²) in [5.41, 5.74) is -0.0771. The Morgan fingerprint density at radius 3 is 2.27 bits per heavy atom. The summed E-state index contributed by atoms with van der Waals surface area (Å²) in [5, 5.41) is 0. The minimum Gasteiger partial charge on any atom is -0.465 e. The van der Waals surface area contributed by atoms with E-state index in [1.165, 1.54) is 0 Å². The number of carbonyl (C=O) groups excluding carboxylic acids is 1. The van der Waals surface area contributed by atoms with Crippen LogP contribution in [0.3, 0.4) is 0 Å². The smallest absolute Gasteiger partial charge is 0.320 e. The average Bonchev–Trinajstić information content (AvgIpc) is 1.85. The number of halogens is 1. The van der Waals surface area contributed by atoms with Crippen molar-refractivity contribution in [2.75, 3.05) is 6.61 Å². The van der Waals surface area contributed by atoms with Gasteiger partial charge in [-0.3, -0.25) is 4.79 Å². The van der Waals surface area contributed by atoms with E-state index >= 15 is 0 Å². The molecule has 0 saturated heterocycles. The lowest BCUT2D eigenvalue weighted by molar-refractivity contribution is -0.144. The second-order valence-electron chi connectivity index (χ2n) is 3.48. The van der Waals surface area contributed by atoms with Gasteiger partial charge in [-0.1, -0.05) is 36.7 Å². The lowest BCUT2D eigenvalue weighted by atomic mass is 9.92. The Labute approximate surface area is 76.4 Å². The summed E-state index contributed by atoms with van der Waals surface area (Å²) in [4.78, 5) is 10.9. The van der Waals surface area contributed by atoms with Gasteiger partial charge in [0.15, 0.2) is 0 Å². The molecule has 0 aromatic heterocycles. The summed E-state index contributed by atoms with van der Waals surface area (Å²) in [6, 6.07) is 0. The first-order valence-electron chi connectivity index (χ1n) is 3.70. The Balaban J connectivity index is 4.03. The fourth-order valence-corrected chi connectivity index (χ4v) is 0.701. The molecule has 0 aromatic carbocycles. The Bertz CT molecular complexity index is 138. The molecule has 0 aromatic rings. The summed E-state index contributed by atoms with van der Waals surface area (Å²) < 4.78 is 4.84. The second kappa shape index (κ2) is 4.10. The molecule has 0 spiro atoms. The fourth-order valence-electron chi connectivity index (χ4n) is 0.569. The van der Waals surface area contributed by atoms with Gasteiger partial charge in [-0.25, -0.2) is 0 Å². The van der Waals surface area contributed by atoms with Crippen LogP contribution in [-0.4, -0.2) is 17.4 Å². The molecule has 0 rings (SSSR count). The van der Waals surface area contributed by atoms with E-state index < -0.39 is 0 Å². The first-order chi connectivity index (χ1) is 4.89. The highest BCUT2D eigenvalue weighted by Gasteiger charge is 2.29. The van der Waals surface area contributed by atoms with Crippen molar-refractivity contribution < 1.29 is 9.53 Å². The lowest BCUT2D eigenvalue weighted by Gasteiger charge is -2.23. The van der Waals surface area contributed by atoms with Gasteiger partial charge in [0.25, 0.3) is 0 Å². The van der Waals surface area contributed by atoms with Gasteiger partial charge in [-0.05, 0) is 12.3 Å². The highest BCUT2D eigenvalue weighted by molar-refractivity contribution is 9.10. The molecule has 1 atom stereocenters. The van der Waals surface area contributed by atoms with E-state index in [0.29, 0.717) is 6.61 Å². The van der Waals surface area contributed by atoms with Crippen molar-refractivity contribution in [3.8, 4) is 0 Å². The highest BCUT2D eigenvalue weighted by atomic mass is 79.9. The summed E-state index contributed by atoms with van der Waals surface area (Å²) >= 11 is 3.29. The molecular weight excluding hydrogens is 208 g/mol.